The molecule has 0 saturated carbocycles. The Hall–Kier alpha value is -1.57. The molecule has 1 aromatic heterocycles. The Morgan fingerprint density at radius 3 is 2.95 bits per heavy atom. The number of nitrogens with one attached hydrogen (secondary N) is 1. The molecule has 1 aromatic rings. The van der Waals surface area contributed by atoms with Gasteiger partial charge in [0.05, 0.1) is 28.6 Å². The predicted octanol–water partition coefficient (Wildman–Crippen LogP) is 2.52. The van der Waals surface area contributed by atoms with Crippen LogP contribution in [0.1, 0.15) is 29.8 Å². The number of rotatable bonds is 0. The van der Waals surface area contributed by atoms with Crippen molar-refractivity contribution in [1.29, 1.82) is 5.26 Å². The van der Waals surface area contributed by atoms with Crippen molar-refractivity contribution in [3.8, 4) is 6.07 Å². The summed E-state index contributed by atoms with van der Waals surface area (Å²) < 4.78 is 6.09. The first-order valence-corrected chi connectivity index (χ1v) is 6.71. The summed E-state index contributed by atoms with van der Waals surface area (Å²) in [7, 11) is 0. The summed E-state index contributed by atoms with van der Waals surface area (Å²) >= 11 is 6.14. The van der Waals surface area contributed by atoms with Crippen LogP contribution in [0.15, 0.2) is 12.1 Å². The number of hydrogen-bond donors (Lipinski definition) is 1. The normalized spacial score (nSPS) is 22.1. The standard InChI is InChI=1S/C14H14ClN3O/c1-9-11(15)8-10-12(2-5-16)19-14(13(10)18-9)3-6-17-7-4-14/h2,8,17H,3-4,6-7H2,1H3/b12-2+. The van der Waals surface area contributed by atoms with Crippen molar-refractivity contribution in [3.63, 3.8) is 0 Å². The van der Waals surface area contributed by atoms with Gasteiger partial charge in [0.15, 0.2) is 5.60 Å². The van der Waals surface area contributed by atoms with E-state index in [-0.39, 0.29) is 0 Å². The maximum Gasteiger partial charge on any atom is 0.154 e. The average Bonchev–Trinajstić information content (AvgIpc) is 2.66. The zero-order valence-corrected chi connectivity index (χ0v) is 11.4. The fraction of sp³-hybridized carbons (Fsp3) is 0.429. The number of allylic oxidation sites excluding steroid dienone is 1. The molecule has 2 aliphatic heterocycles. The maximum atomic E-state index is 8.89. The lowest BCUT2D eigenvalue weighted by atomic mass is 9.88. The number of piperidine rings is 1. The predicted molar refractivity (Wildman–Crippen MR) is 72.4 cm³/mol. The third-order valence-electron chi connectivity index (χ3n) is 3.76. The molecule has 1 N–H and O–H groups in total. The first kappa shape index (κ1) is 12.5. The number of halogens is 1. The zero-order chi connectivity index (χ0) is 13.5. The van der Waals surface area contributed by atoms with E-state index < -0.39 is 5.60 Å². The third-order valence-corrected chi connectivity index (χ3v) is 4.14. The number of aryl methyl sites for hydroxylation is 1. The van der Waals surface area contributed by atoms with Crippen molar-refractivity contribution < 1.29 is 4.74 Å². The van der Waals surface area contributed by atoms with Gasteiger partial charge in [-0.25, -0.2) is 0 Å². The van der Waals surface area contributed by atoms with E-state index in [0.29, 0.717) is 10.8 Å². The summed E-state index contributed by atoms with van der Waals surface area (Å²) in [4.78, 5) is 4.63. The molecule has 1 fully saturated rings. The molecule has 4 nitrogen and oxygen atoms in total. The van der Waals surface area contributed by atoms with Crippen molar-refractivity contribution in [1.82, 2.24) is 10.3 Å². The molecule has 5 heteroatoms. The summed E-state index contributed by atoms with van der Waals surface area (Å²) in [6.07, 6.45) is 3.15. The van der Waals surface area contributed by atoms with Crippen molar-refractivity contribution in [2.24, 2.45) is 0 Å². The molecule has 1 spiro atoms. The van der Waals surface area contributed by atoms with Gasteiger partial charge >= 0.3 is 0 Å². The SMILES string of the molecule is Cc1nc2c(cc1Cl)/C(=C\C#N)OC21CCNCC1. The van der Waals surface area contributed by atoms with Crippen LogP contribution in [0.5, 0.6) is 0 Å². The number of nitrogens with zero attached hydrogens (tertiary/aromatic N) is 2. The number of nitriles is 1. The van der Waals surface area contributed by atoms with Crippen molar-refractivity contribution in [2.45, 2.75) is 25.4 Å². The van der Waals surface area contributed by atoms with Crippen LogP contribution in [0.3, 0.4) is 0 Å². The smallest absolute Gasteiger partial charge is 0.154 e. The van der Waals surface area contributed by atoms with E-state index in [1.54, 1.807) is 0 Å². The molecule has 0 amide bonds. The molecule has 3 rings (SSSR count). The first-order valence-electron chi connectivity index (χ1n) is 6.34. The molecule has 98 valence electrons. The highest BCUT2D eigenvalue weighted by molar-refractivity contribution is 6.31. The van der Waals surface area contributed by atoms with Gasteiger partial charge in [0.2, 0.25) is 0 Å². The van der Waals surface area contributed by atoms with Gasteiger partial charge < -0.3 is 10.1 Å². The lowest BCUT2D eigenvalue weighted by Crippen LogP contribution is -2.40. The molecule has 19 heavy (non-hydrogen) atoms. The first-order chi connectivity index (χ1) is 9.16. The Bertz CT molecular complexity index is 597. The highest BCUT2D eigenvalue weighted by Crippen LogP contribution is 2.47. The fourth-order valence-electron chi connectivity index (χ4n) is 2.77. The largest absolute Gasteiger partial charge is 0.479 e. The number of aromatic nitrogens is 1. The van der Waals surface area contributed by atoms with Gasteiger partial charge in [-0.05, 0) is 26.1 Å². The molecular weight excluding hydrogens is 262 g/mol. The van der Waals surface area contributed by atoms with Crippen molar-refractivity contribution in [2.75, 3.05) is 13.1 Å². The zero-order valence-electron chi connectivity index (χ0n) is 10.7. The van der Waals surface area contributed by atoms with Gasteiger partial charge in [-0.3, -0.25) is 4.98 Å². The molecule has 1 saturated heterocycles. The molecule has 3 heterocycles. The van der Waals surface area contributed by atoms with Gasteiger partial charge in [0.25, 0.3) is 0 Å². The second-order valence-corrected chi connectivity index (χ2v) is 5.34. The van der Waals surface area contributed by atoms with Crippen LogP contribution >= 0.6 is 11.6 Å². The van der Waals surface area contributed by atoms with Crippen LogP contribution in [0.2, 0.25) is 5.02 Å². The molecule has 2 aliphatic rings. The molecule has 0 atom stereocenters. The van der Waals surface area contributed by atoms with Crippen LogP contribution < -0.4 is 5.32 Å². The lowest BCUT2D eigenvalue weighted by molar-refractivity contribution is 0.0171. The van der Waals surface area contributed by atoms with Gasteiger partial charge in [-0.2, -0.15) is 5.26 Å². The van der Waals surface area contributed by atoms with E-state index in [1.165, 1.54) is 6.08 Å². The van der Waals surface area contributed by atoms with Gasteiger partial charge in [-0.15, -0.1) is 0 Å². The quantitative estimate of drug-likeness (QED) is 0.739. The molecule has 0 radical (unpaired) electrons. The fourth-order valence-corrected chi connectivity index (χ4v) is 2.92. The van der Waals surface area contributed by atoms with E-state index >= 15 is 0 Å². The maximum absolute atomic E-state index is 8.89. The number of hydrogen-bond acceptors (Lipinski definition) is 4. The van der Waals surface area contributed by atoms with Crippen molar-refractivity contribution in [3.05, 3.63) is 34.1 Å². The summed E-state index contributed by atoms with van der Waals surface area (Å²) in [5, 5.41) is 12.8. The summed E-state index contributed by atoms with van der Waals surface area (Å²) in [6.45, 7) is 3.68. The Labute approximate surface area is 117 Å². The van der Waals surface area contributed by atoms with Crippen molar-refractivity contribution >= 4 is 17.4 Å². The Morgan fingerprint density at radius 1 is 1.53 bits per heavy atom. The number of fused-ring (bicyclic) bond motifs is 2. The van der Waals surface area contributed by atoms with E-state index in [4.69, 9.17) is 21.6 Å². The lowest BCUT2D eigenvalue weighted by Gasteiger charge is -2.33. The third kappa shape index (κ3) is 1.90. The molecule has 0 unspecified atom stereocenters. The molecule has 0 aromatic carbocycles. The topological polar surface area (TPSA) is 57.9 Å². The molecule has 0 aliphatic carbocycles. The van der Waals surface area contributed by atoms with Crippen LogP contribution in [-0.2, 0) is 10.3 Å². The van der Waals surface area contributed by atoms with Crippen LogP contribution in [0.25, 0.3) is 5.76 Å². The van der Waals surface area contributed by atoms with E-state index in [1.807, 2.05) is 19.1 Å². The monoisotopic (exact) mass is 275 g/mol. The second kappa shape index (κ2) is 4.52. The minimum Gasteiger partial charge on any atom is -0.479 e. The number of pyridine rings is 1. The molecule has 0 bridgehead atoms. The van der Waals surface area contributed by atoms with Crippen LogP contribution in [0, 0.1) is 18.3 Å². The Balaban J connectivity index is 2.18. The highest BCUT2D eigenvalue weighted by Gasteiger charge is 2.46. The van der Waals surface area contributed by atoms with Gasteiger partial charge in [-0.1, -0.05) is 11.6 Å². The minimum atomic E-state index is -0.390. The van der Waals surface area contributed by atoms with E-state index in [0.717, 1.165) is 42.9 Å². The average molecular weight is 276 g/mol. The Morgan fingerprint density at radius 2 is 2.26 bits per heavy atom. The van der Waals surface area contributed by atoms with E-state index in [2.05, 4.69) is 10.3 Å². The van der Waals surface area contributed by atoms with E-state index in [9.17, 15) is 0 Å². The Kier molecular flexibility index (Phi) is 2.96. The number of ether oxygens (including phenoxy) is 1. The summed E-state index contributed by atoms with van der Waals surface area (Å²) in [5.74, 6) is 0.591. The van der Waals surface area contributed by atoms with Crippen LogP contribution in [-0.4, -0.2) is 18.1 Å². The molecular formula is C14H14ClN3O. The minimum absolute atomic E-state index is 0.390. The van der Waals surface area contributed by atoms with Gasteiger partial charge in [0, 0.05) is 18.4 Å². The highest BCUT2D eigenvalue weighted by atomic mass is 35.5. The van der Waals surface area contributed by atoms with Gasteiger partial charge in [0.1, 0.15) is 5.76 Å². The van der Waals surface area contributed by atoms with Crippen LogP contribution in [0.4, 0.5) is 0 Å². The summed E-state index contributed by atoms with van der Waals surface area (Å²) in [6, 6.07) is 3.89. The second-order valence-electron chi connectivity index (χ2n) is 4.94. The summed E-state index contributed by atoms with van der Waals surface area (Å²) in [5.41, 5.74) is 2.20.